The van der Waals surface area contributed by atoms with E-state index in [-0.39, 0.29) is 30.2 Å². The standard InChI is InChI=1S/C12H11NO4/c1-7-9(12(16)17)3-2-4-10(7)13-6-8(14)5-11(13)15/h2-4H,5-6H2,1H3,(H,16,17). The van der Waals surface area contributed by atoms with Crippen LogP contribution in [-0.2, 0) is 9.59 Å². The van der Waals surface area contributed by atoms with Crippen LogP contribution in [0.1, 0.15) is 22.3 Å². The summed E-state index contributed by atoms with van der Waals surface area (Å²) in [5.41, 5.74) is 1.15. The highest BCUT2D eigenvalue weighted by Gasteiger charge is 2.30. The van der Waals surface area contributed by atoms with Gasteiger partial charge < -0.3 is 10.0 Å². The molecule has 0 spiro atoms. The number of rotatable bonds is 2. The van der Waals surface area contributed by atoms with E-state index in [2.05, 4.69) is 0 Å². The highest BCUT2D eigenvalue weighted by Crippen LogP contribution is 2.26. The number of amides is 1. The van der Waals surface area contributed by atoms with E-state index in [0.717, 1.165) is 0 Å². The van der Waals surface area contributed by atoms with Crippen LogP contribution in [0.5, 0.6) is 0 Å². The van der Waals surface area contributed by atoms with E-state index < -0.39 is 5.97 Å². The summed E-state index contributed by atoms with van der Waals surface area (Å²) in [6, 6.07) is 4.70. The molecule has 1 heterocycles. The molecule has 1 aromatic carbocycles. The maximum atomic E-state index is 11.6. The van der Waals surface area contributed by atoms with Crippen molar-refractivity contribution in [3.63, 3.8) is 0 Å². The van der Waals surface area contributed by atoms with Gasteiger partial charge in [-0.05, 0) is 24.6 Å². The molecular formula is C12H11NO4. The summed E-state index contributed by atoms with van der Waals surface area (Å²) in [5.74, 6) is -1.46. The van der Waals surface area contributed by atoms with Crippen molar-refractivity contribution in [2.24, 2.45) is 0 Å². The van der Waals surface area contributed by atoms with Crippen LogP contribution in [0, 0.1) is 6.92 Å². The van der Waals surface area contributed by atoms with Gasteiger partial charge in [0.15, 0.2) is 5.78 Å². The molecule has 5 heteroatoms. The number of anilines is 1. The summed E-state index contributed by atoms with van der Waals surface area (Å²) < 4.78 is 0. The van der Waals surface area contributed by atoms with Gasteiger partial charge in [0.05, 0.1) is 18.5 Å². The smallest absolute Gasteiger partial charge is 0.336 e. The number of Topliss-reactive ketones (excluding diaryl/α,β-unsaturated/α-hetero) is 1. The van der Waals surface area contributed by atoms with Gasteiger partial charge in [-0.2, -0.15) is 0 Å². The minimum absolute atomic E-state index is 0.0305. The lowest BCUT2D eigenvalue weighted by Gasteiger charge is -2.18. The number of hydrogen-bond donors (Lipinski definition) is 1. The third-order valence-electron chi connectivity index (χ3n) is 2.81. The molecule has 17 heavy (non-hydrogen) atoms. The molecule has 0 unspecified atom stereocenters. The molecule has 0 aromatic heterocycles. The van der Waals surface area contributed by atoms with Gasteiger partial charge in [0, 0.05) is 5.69 Å². The molecule has 0 aliphatic carbocycles. The number of carboxylic acids is 1. The van der Waals surface area contributed by atoms with Gasteiger partial charge in [0.2, 0.25) is 5.91 Å². The fourth-order valence-electron chi connectivity index (χ4n) is 1.95. The van der Waals surface area contributed by atoms with Crippen LogP contribution in [0.3, 0.4) is 0 Å². The average Bonchev–Trinajstić information content (AvgIpc) is 2.57. The predicted octanol–water partition coefficient (Wildman–Crippen LogP) is 0.999. The number of hydrogen-bond acceptors (Lipinski definition) is 3. The highest BCUT2D eigenvalue weighted by atomic mass is 16.4. The van der Waals surface area contributed by atoms with E-state index in [1.54, 1.807) is 19.1 Å². The number of benzene rings is 1. The normalized spacial score (nSPS) is 15.5. The third kappa shape index (κ3) is 1.91. The second-order valence-electron chi connectivity index (χ2n) is 3.95. The van der Waals surface area contributed by atoms with Crippen LogP contribution in [0.2, 0.25) is 0 Å². The zero-order chi connectivity index (χ0) is 12.6. The fraction of sp³-hybridized carbons (Fsp3) is 0.250. The molecule has 1 N–H and O–H groups in total. The first-order valence-electron chi connectivity index (χ1n) is 5.15. The summed E-state index contributed by atoms with van der Waals surface area (Å²) >= 11 is 0. The van der Waals surface area contributed by atoms with Crippen molar-refractivity contribution in [2.45, 2.75) is 13.3 Å². The summed E-state index contributed by atoms with van der Waals surface area (Å²) in [6.45, 7) is 1.66. The number of carbonyl (C=O) groups excluding carboxylic acids is 2. The monoisotopic (exact) mass is 233 g/mol. The predicted molar refractivity (Wildman–Crippen MR) is 60.1 cm³/mol. The molecule has 1 fully saturated rings. The number of ketones is 1. The number of aromatic carboxylic acids is 1. The van der Waals surface area contributed by atoms with Crippen LogP contribution in [0.25, 0.3) is 0 Å². The molecule has 1 amide bonds. The van der Waals surface area contributed by atoms with E-state index in [1.165, 1.54) is 11.0 Å². The highest BCUT2D eigenvalue weighted by molar-refractivity contribution is 6.15. The lowest BCUT2D eigenvalue weighted by atomic mass is 10.1. The molecule has 1 aliphatic rings. The van der Waals surface area contributed by atoms with Crippen LogP contribution in [0.4, 0.5) is 5.69 Å². The van der Waals surface area contributed by atoms with Gasteiger partial charge in [-0.25, -0.2) is 4.79 Å². The lowest BCUT2D eigenvalue weighted by Crippen LogP contribution is -2.25. The zero-order valence-corrected chi connectivity index (χ0v) is 9.27. The second kappa shape index (κ2) is 4.01. The summed E-state index contributed by atoms with van der Waals surface area (Å²) in [5, 5.41) is 8.98. The van der Waals surface area contributed by atoms with E-state index in [0.29, 0.717) is 11.3 Å². The minimum atomic E-state index is -1.04. The molecule has 5 nitrogen and oxygen atoms in total. The van der Waals surface area contributed by atoms with Crippen molar-refractivity contribution >= 4 is 23.3 Å². The van der Waals surface area contributed by atoms with Crippen LogP contribution < -0.4 is 4.90 Å². The third-order valence-corrected chi connectivity index (χ3v) is 2.81. The summed E-state index contributed by atoms with van der Waals surface area (Å²) in [6.07, 6.45) is -0.100. The molecule has 1 aromatic rings. The van der Waals surface area contributed by atoms with E-state index in [1.807, 2.05) is 0 Å². The van der Waals surface area contributed by atoms with Gasteiger partial charge in [0.25, 0.3) is 0 Å². The molecule has 2 rings (SSSR count). The first-order valence-corrected chi connectivity index (χ1v) is 5.15. The zero-order valence-electron chi connectivity index (χ0n) is 9.27. The molecule has 0 atom stereocenters. The van der Waals surface area contributed by atoms with Crippen molar-refractivity contribution < 1.29 is 19.5 Å². The van der Waals surface area contributed by atoms with E-state index >= 15 is 0 Å². The van der Waals surface area contributed by atoms with Gasteiger partial charge in [-0.3, -0.25) is 9.59 Å². The summed E-state index contributed by atoms with van der Waals surface area (Å²) in [7, 11) is 0. The Bertz CT molecular complexity index is 521. The number of nitrogens with zero attached hydrogens (tertiary/aromatic N) is 1. The van der Waals surface area contributed by atoms with Crippen LogP contribution in [0.15, 0.2) is 18.2 Å². The van der Waals surface area contributed by atoms with Crippen molar-refractivity contribution in [2.75, 3.05) is 11.4 Å². The molecule has 1 saturated heterocycles. The minimum Gasteiger partial charge on any atom is -0.478 e. The first kappa shape index (κ1) is 11.3. The van der Waals surface area contributed by atoms with Gasteiger partial charge in [0.1, 0.15) is 0 Å². The Morgan fingerprint density at radius 2 is 2.06 bits per heavy atom. The quantitative estimate of drug-likeness (QED) is 0.773. The lowest BCUT2D eigenvalue weighted by molar-refractivity contribution is -0.121. The van der Waals surface area contributed by atoms with Gasteiger partial charge in [-0.1, -0.05) is 6.07 Å². The van der Waals surface area contributed by atoms with E-state index in [9.17, 15) is 14.4 Å². The maximum Gasteiger partial charge on any atom is 0.336 e. The van der Waals surface area contributed by atoms with Crippen molar-refractivity contribution in [3.8, 4) is 0 Å². The maximum absolute atomic E-state index is 11.6. The van der Waals surface area contributed by atoms with Crippen molar-refractivity contribution in [3.05, 3.63) is 29.3 Å². The Labute approximate surface area is 97.7 Å². The largest absolute Gasteiger partial charge is 0.478 e. The second-order valence-corrected chi connectivity index (χ2v) is 3.95. The SMILES string of the molecule is Cc1c(C(=O)O)cccc1N1CC(=O)CC1=O. The number of carboxylic acid groups (broad SMARTS) is 1. The van der Waals surface area contributed by atoms with Gasteiger partial charge >= 0.3 is 5.97 Å². The number of carbonyl (C=O) groups is 3. The Morgan fingerprint density at radius 3 is 2.59 bits per heavy atom. The molecule has 0 saturated carbocycles. The molecule has 88 valence electrons. The molecule has 0 bridgehead atoms. The van der Waals surface area contributed by atoms with Crippen LogP contribution in [-0.4, -0.2) is 29.3 Å². The van der Waals surface area contributed by atoms with Crippen LogP contribution >= 0.6 is 0 Å². The first-order chi connectivity index (χ1) is 8.00. The Hall–Kier alpha value is -2.17. The molecule has 1 aliphatic heterocycles. The van der Waals surface area contributed by atoms with Crippen molar-refractivity contribution in [1.29, 1.82) is 0 Å². The Kier molecular flexibility index (Phi) is 2.67. The Balaban J connectivity index is 2.46. The molecule has 0 radical (unpaired) electrons. The van der Waals surface area contributed by atoms with E-state index in [4.69, 9.17) is 5.11 Å². The Morgan fingerprint density at radius 1 is 1.35 bits per heavy atom. The van der Waals surface area contributed by atoms with Gasteiger partial charge in [-0.15, -0.1) is 0 Å². The summed E-state index contributed by atoms with van der Waals surface area (Å²) in [4.78, 5) is 35.1. The topological polar surface area (TPSA) is 74.7 Å². The average molecular weight is 233 g/mol. The molecular weight excluding hydrogens is 222 g/mol. The van der Waals surface area contributed by atoms with Crippen molar-refractivity contribution in [1.82, 2.24) is 0 Å². The fourth-order valence-corrected chi connectivity index (χ4v) is 1.95.